The molecule has 0 bridgehead atoms. The fourth-order valence-corrected chi connectivity index (χ4v) is 1.06. The molecule has 0 radical (unpaired) electrons. The molecule has 0 aliphatic rings. The quantitative estimate of drug-likeness (QED) is 0.596. The second-order valence-corrected chi connectivity index (χ2v) is 3.38. The minimum atomic E-state index is 0.0186. The number of benzene rings is 1. The average Bonchev–Trinajstić information content (AvgIpc) is 2.31. The van der Waals surface area contributed by atoms with Crippen LogP contribution in [-0.4, -0.2) is 32.6 Å². The first-order valence-electron chi connectivity index (χ1n) is 5.12. The van der Waals surface area contributed by atoms with Gasteiger partial charge in [0.2, 0.25) is 0 Å². The van der Waals surface area contributed by atoms with E-state index in [9.17, 15) is 9.59 Å². The zero-order valence-electron chi connectivity index (χ0n) is 10.6. The lowest BCUT2D eigenvalue weighted by Crippen LogP contribution is -1.95. The summed E-state index contributed by atoms with van der Waals surface area (Å²) in [5, 5.41) is 0. The summed E-state index contributed by atoms with van der Waals surface area (Å²) in [5.41, 5.74) is 1.28. The van der Waals surface area contributed by atoms with E-state index in [0.717, 1.165) is 0 Å². The van der Waals surface area contributed by atoms with Crippen molar-refractivity contribution in [2.45, 2.75) is 13.8 Å². The van der Waals surface area contributed by atoms with Crippen LogP contribution in [0, 0.1) is 0 Å². The lowest BCUT2D eigenvalue weighted by molar-refractivity contribution is -0.00272. The fourth-order valence-electron chi connectivity index (χ4n) is 1.06. The Balaban J connectivity index is 0.000000437. The molecule has 0 fully saturated rings. The summed E-state index contributed by atoms with van der Waals surface area (Å²) < 4.78 is 8.94. The van der Waals surface area contributed by atoms with Crippen molar-refractivity contribution in [3.63, 3.8) is 0 Å². The maximum atomic E-state index is 10.8. The van der Waals surface area contributed by atoms with E-state index in [1.807, 2.05) is 0 Å². The highest BCUT2D eigenvalue weighted by Crippen LogP contribution is 2.05. The standard InChI is InChI=1S/C10H10O2.C3H8O2/c1-7(11)9-3-5-10(6-4-9)8(2)12;1-4-3-5-2/h3-6H,1-2H3;3H2,1-2H3. The van der Waals surface area contributed by atoms with E-state index >= 15 is 0 Å². The van der Waals surface area contributed by atoms with Crippen molar-refractivity contribution in [3.05, 3.63) is 35.4 Å². The molecular weight excluding hydrogens is 220 g/mol. The van der Waals surface area contributed by atoms with Crippen LogP contribution in [0.3, 0.4) is 0 Å². The molecule has 0 unspecified atom stereocenters. The molecule has 0 spiro atoms. The summed E-state index contributed by atoms with van der Waals surface area (Å²) in [6, 6.07) is 6.66. The molecule has 0 saturated carbocycles. The first kappa shape index (κ1) is 15.5. The van der Waals surface area contributed by atoms with Gasteiger partial charge in [0.1, 0.15) is 6.79 Å². The zero-order chi connectivity index (χ0) is 13.3. The van der Waals surface area contributed by atoms with Crippen molar-refractivity contribution in [1.82, 2.24) is 0 Å². The number of ketones is 2. The lowest BCUT2D eigenvalue weighted by atomic mass is 10.1. The molecule has 0 N–H and O–H groups in total. The molecule has 0 amide bonds. The second kappa shape index (κ2) is 8.61. The molecule has 0 saturated heterocycles. The predicted molar refractivity (Wildman–Crippen MR) is 65.3 cm³/mol. The molecule has 0 aliphatic carbocycles. The molecule has 0 aromatic heterocycles. The van der Waals surface area contributed by atoms with Gasteiger partial charge in [0.25, 0.3) is 0 Å². The largest absolute Gasteiger partial charge is 0.359 e. The van der Waals surface area contributed by atoms with Crippen LogP contribution < -0.4 is 0 Å². The van der Waals surface area contributed by atoms with Crippen molar-refractivity contribution in [2.24, 2.45) is 0 Å². The fraction of sp³-hybridized carbons (Fsp3) is 0.385. The summed E-state index contributed by atoms with van der Waals surface area (Å²) in [4.78, 5) is 21.7. The third kappa shape index (κ3) is 6.60. The SMILES string of the molecule is CC(=O)c1ccc(C(C)=O)cc1.COCOC. The summed E-state index contributed by atoms with van der Waals surface area (Å²) in [6.45, 7) is 3.39. The van der Waals surface area contributed by atoms with Crippen molar-refractivity contribution in [2.75, 3.05) is 21.0 Å². The van der Waals surface area contributed by atoms with Crippen LogP contribution in [0.4, 0.5) is 0 Å². The van der Waals surface area contributed by atoms with Crippen LogP contribution in [-0.2, 0) is 9.47 Å². The Hall–Kier alpha value is -1.52. The van der Waals surface area contributed by atoms with Crippen LogP contribution in [0.15, 0.2) is 24.3 Å². The molecule has 0 heterocycles. The molecule has 0 aliphatic heterocycles. The maximum Gasteiger partial charge on any atom is 0.159 e. The lowest BCUT2D eigenvalue weighted by Gasteiger charge is -1.96. The number of hydrogen-bond acceptors (Lipinski definition) is 4. The van der Waals surface area contributed by atoms with Gasteiger partial charge in [-0.25, -0.2) is 0 Å². The van der Waals surface area contributed by atoms with Gasteiger partial charge in [-0.2, -0.15) is 0 Å². The van der Waals surface area contributed by atoms with E-state index in [-0.39, 0.29) is 11.6 Å². The molecule has 94 valence electrons. The van der Waals surface area contributed by atoms with Crippen molar-refractivity contribution in [3.8, 4) is 0 Å². The highest BCUT2D eigenvalue weighted by molar-refractivity contribution is 5.97. The highest BCUT2D eigenvalue weighted by atomic mass is 16.6. The van der Waals surface area contributed by atoms with E-state index < -0.39 is 0 Å². The first-order chi connectivity index (χ1) is 8.02. The van der Waals surface area contributed by atoms with Gasteiger partial charge in [0.05, 0.1) is 0 Å². The number of carbonyl (C=O) groups excluding carboxylic acids is 2. The number of rotatable bonds is 4. The van der Waals surface area contributed by atoms with E-state index in [4.69, 9.17) is 0 Å². The number of ether oxygens (including phenoxy) is 2. The summed E-state index contributed by atoms with van der Waals surface area (Å²) in [5.74, 6) is 0.0372. The third-order valence-electron chi connectivity index (χ3n) is 1.93. The van der Waals surface area contributed by atoms with Gasteiger partial charge in [0.15, 0.2) is 11.6 Å². The number of hydrogen-bond donors (Lipinski definition) is 0. The van der Waals surface area contributed by atoms with Crippen LogP contribution in [0.2, 0.25) is 0 Å². The van der Waals surface area contributed by atoms with Crippen LogP contribution in [0.1, 0.15) is 34.6 Å². The Morgan fingerprint density at radius 2 is 1.18 bits per heavy atom. The summed E-state index contributed by atoms with van der Waals surface area (Å²) >= 11 is 0. The minimum absolute atomic E-state index is 0.0186. The topological polar surface area (TPSA) is 52.6 Å². The minimum Gasteiger partial charge on any atom is -0.359 e. The summed E-state index contributed by atoms with van der Waals surface area (Å²) in [6.07, 6.45) is 0. The Morgan fingerprint density at radius 3 is 1.29 bits per heavy atom. The van der Waals surface area contributed by atoms with Gasteiger partial charge in [0, 0.05) is 25.3 Å². The van der Waals surface area contributed by atoms with Gasteiger partial charge in [-0.1, -0.05) is 24.3 Å². The monoisotopic (exact) mass is 238 g/mol. The van der Waals surface area contributed by atoms with E-state index in [1.54, 1.807) is 38.5 Å². The van der Waals surface area contributed by atoms with Gasteiger partial charge in [-0.05, 0) is 13.8 Å². The van der Waals surface area contributed by atoms with Gasteiger partial charge in [-0.15, -0.1) is 0 Å². The molecule has 1 aromatic carbocycles. The average molecular weight is 238 g/mol. The maximum absolute atomic E-state index is 10.8. The molecule has 4 heteroatoms. The van der Waals surface area contributed by atoms with Crippen LogP contribution >= 0.6 is 0 Å². The predicted octanol–water partition coefficient (Wildman–Crippen LogP) is 2.33. The Morgan fingerprint density at radius 1 is 0.882 bits per heavy atom. The molecule has 1 aromatic rings. The zero-order valence-corrected chi connectivity index (χ0v) is 10.6. The normalized spacial score (nSPS) is 9.18. The van der Waals surface area contributed by atoms with Crippen molar-refractivity contribution >= 4 is 11.6 Å². The molecule has 4 nitrogen and oxygen atoms in total. The number of methoxy groups -OCH3 is 2. The highest BCUT2D eigenvalue weighted by Gasteiger charge is 2.00. The van der Waals surface area contributed by atoms with Crippen LogP contribution in [0.5, 0.6) is 0 Å². The Labute approximate surface area is 102 Å². The van der Waals surface area contributed by atoms with Gasteiger partial charge >= 0.3 is 0 Å². The number of carbonyl (C=O) groups is 2. The van der Waals surface area contributed by atoms with Gasteiger partial charge in [-0.3, -0.25) is 9.59 Å². The smallest absolute Gasteiger partial charge is 0.159 e. The second-order valence-electron chi connectivity index (χ2n) is 3.38. The Bertz CT molecular complexity index is 319. The third-order valence-corrected chi connectivity index (χ3v) is 1.93. The van der Waals surface area contributed by atoms with Crippen molar-refractivity contribution < 1.29 is 19.1 Å². The van der Waals surface area contributed by atoms with Gasteiger partial charge < -0.3 is 9.47 Å². The number of Topliss-reactive ketones (excluding diaryl/α,β-unsaturated/α-hetero) is 2. The Kier molecular flexibility index (Phi) is 7.84. The molecular formula is C13H18O4. The summed E-state index contributed by atoms with van der Waals surface area (Å²) in [7, 11) is 3.17. The van der Waals surface area contributed by atoms with Crippen LogP contribution in [0.25, 0.3) is 0 Å². The molecule has 0 atom stereocenters. The van der Waals surface area contributed by atoms with E-state index in [1.165, 1.54) is 13.8 Å². The molecule has 17 heavy (non-hydrogen) atoms. The molecule has 1 rings (SSSR count). The van der Waals surface area contributed by atoms with Crippen molar-refractivity contribution in [1.29, 1.82) is 0 Å². The van der Waals surface area contributed by atoms with E-state index in [2.05, 4.69) is 9.47 Å². The first-order valence-corrected chi connectivity index (χ1v) is 5.12. The van der Waals surface area contributed by atoms with E-state index in [0.29, 0.717) is 17.9 Å².